The second-order valence-electron chi connectivity index (χ2n) is 2.97. The van der Waals surface area contributed by atoms with Gasteiger partial charge in [0.25, 0.3) is 0 Å². The minimum Gasteiger partial charge on any atom is -0.394 e. The Morgan fingerprint density at radius 2 is 1.47 bits per heavy atom. The number of aliphatic hydroxyl groups excluding tert-OH is 5. The molecule has 1 radical (unpaired) electrons. The number of rotatable bonds is 5. The molecule has 6 N–H and O–H groups in total. The van der Waals surface area contributed by atoms with Crippen LogP contribution >= 0.6 is 0 Å². The molecule has 17 heavy (non-hydrogen) atoms. The predicted molar refractivity (Wildman–Crippen MR) is 47.7 cm³/mol. The first-order valence-corrected chi connectivity index (χ1v) is 5.41. The van der Waals surface area contributed by atoms with Gasteiger partial charge in [0.1, 0.15) is 18.3 Å². The number of carbonyl (C=O) groups excluding carboxylic acids is 1. The van der Waals surface area contributed by atoms with Gasteiger partial charge in [-0.3, -0.25) is 9.35 Å². The van der Waals surface area contributed by atoms with E-state index < -0.39 is 46.3 Å². The molecule has 0 unspecified atom stereocenters. The van der Waals surface area contributed by atoms with Crippen LogP contribution in [0.3, 0.4) is 0 Å². The average molecular weight is 457 g/mol. The molecular weight excluding hydrogens is 445 g/mol. The van der Waals surface area contributed by atoms with Crippen molar-refractivity contribution in [3.05, 3.63) is 0 Å². The summed E-state index contributed by atoms with van der Waals surface area (Å²) in [6, 6.07) is 0. The molecule has 0 aliphatic carbocycles. The first kappa shape index (κ1) is 19.5. The second kappa shape index (κ2) is 7.53. The molecule has 0 aliphatic heterocycles. The van der Waals surface area contributed by atoms with Crippen molar-refractivity contribution in [2.24, 2.45) is 0 Å². The summed E-state index contributed by atoms with van der Waals surface area (Å²) in [6.07, 6.45) is -9.02. The van der Waals surface area contributed by atoms with Gasteiger partial charge in [-0.15, -0.1) is 0 Å². The summed E-state index contributed by atoms with van der Waals surface area (Å²) in [4.78, 5) is 10.7. The van der Waals surface area contributed by atoms with E-state index >= 15 is 0 Å². The summed E-state index contributed by atoms with van der Waals surface area (Å²) < 4.78 is 28.8. The van der Waals surface area contributed by atoms with E-state index in [1.165, 1.54) is 0 Å². The van der Waals surface area contributed by atoms with E-state index in [9.17, 15) is 13.2 Å². The smallest absolute Gasteiger partial charge is 0.331 e. The zero-order valence-electron chi connectivity index (χ0n) is 8.13. The number of carbonyl (C=O) groups is 1. The van der Waals surface area contributed by atoms with Crippen molar-refractivity contribution >= 4 is 15.2 Å². The molecule has 0 bridgehead atoms. The Balaban J connectivity index is 0. The van der Waals surface area contributed by atoms with Crippen molar-refractivity contribution in [3.8, 4) is 0 Å². The van der Waals surface area contributed by atoms with E-state index in [2.05, 4.69) is 0 Å². The van der Waals surface area contributed by atoms with Crippen molar-refractivity contribution in [1.82, 2.24) is 0 Å². The number of aliphatic hydroxyl groups is 5. The van der Waals surface area contributed by atoms with Crippen LogP contribution in [-0.4, -0.2) is 74.6 Å². The van der Waals surface area contributed by atoms with Crippen LogP contribution in [-0.2, 0) is 37.3 Å². The van der Waals surface area contributed by atoms with E-state index in [4.69, 9.17) is 30.1 Å². The Morgan fingerprint density at radius 3 is 1.76 bits per heavy atom. The second-order valence-corrected chi connectivity index (χ2v) is 4.32. The van der Waals surface area contributed by atoms with Gasteiger partial charge in [0.2, 0.25) is 0 Å². The normalized spacial score (nSPS) is 18.7. The van der Waals surface area contributed by atoms with Gasteiger partial charge in [0.05, 0.1) is 6.61 Å². The van der Waals surface area contributed by atoms with Crippen LogP contribution in [0.15, 0.2) is 0 Å². The Hall–Kier alpha value is 0.120. The minimum absolute atomic E-state index is 0. The summed E-state index contributed by atoms with van der Waals surface area (Å²) in [5, 5.41) is 42.1. The molecule has 0 heterocycles. The van der Waals surface area contributed by atoms with Crippen LogP contribution in [0.5, 0.6) is 0 Å². The van der Waals surface area contributed by atoms with Gasteiger partial charge in [0.15, 0.2) is 6.10 Å². The third-order valence-corrected chi connectivity index (χ3v) is 2.50. The van der Waals surface area contributed by atoms with E-state index in [1.807, 2.05) is 0 Å². The molecule has 0 aliphatic rings. The molecule has 0 fully saturated rings. The monoisotopic (exact) mass is 457 g/mol. The molecule has 0 aromatic carbocycles. The molecule has 0 saturated heterocycles. The van der Waals surface area contributed by atoms with Crippen molar-refractivity contribution in [2.45, 2.75) is 24.4 Å². The Bertz CT molecular complexity index is 341. The molecule has 4 atom stereocenters. The molecular formula is C6H12AuO9S. The maximum Gasteiger partial charge on any atom is 0.331 e. The first-order chi connectivity index (χ1) is 7.12. The fourth-order valence-electron chi connectivity index (χ4n) is 0.814. The predicted octanol–water partition coefficient (Wildman–Crippen LogP) is -4.17. The summed E-state index contributed by atoms with van der Waals surface area (Å²) in [5.41, 5.74) is 0. The maximum atomic E-state index is 10.7. The largest absolute Gasteiger partial charge is 0.394 e. The molecule has 0 aromatic heterocycles. The zero-order valence-corrected chi connectivity index (χ0v) is 11.1. The zero-order chi connectivity index (χ0) is 13.1. The molecule has 0 amide bonds. The van der Waals surface area contributed by atoms with Gasteiger partial charge in [0, 0.05) is 22.4 Å². The summed E-state index contributed by atoms with van der Waals surface area (Å²) in [7, 11) is -5.22. The van der Waals surface area contributed by atoms with Crippen LogP contribution in [0.25, 0.3) is 0 Å². The quantitative estimate of drug-likeness (QED) is 0.177. The van der Waals surface area contributed by atoms with Gasteiger partial charge in [-0.1, -0.05) is 0 Å². The van der Waals surface area contributed by atoms with Crippen LogP contribution in [0.4, 0.5) is 0 Å². The van der Waals surface area contributed by atoms with E-state index in [0.717, 1.165) is 0 Å². The average Bonchev–Trinajstić information content (AvgIpc) is 2.22. The summed E-state index contributed by atoms with van der Waals surface area (Å²) in [5.74, 6) is 0. The Labute approximate surface area is 112 Å². The standard InChI is InChI=1S/C6H12O9S.Au/c7-1-2(8)3(9)4(10)5(11)6(12)16(13,14)15;/h2-5,7-11H,1H2,(H,13,14,15);/t2-,3+,4+,5-;/m1./s1. The van der Waals surface area contributed by atoms with Crippen LogP contribution < -0.4 is 0 Å². The van der Waals surface area contributed by atoms with E-state index in [1.54, 1.807) is 0 Å². The van der Waals surface area contributed by atoms with Crippen molar-refractivity contribution in [1.29, 1.82) is 0 Å². The Morgan fingerprint density at radius 1 is 1.06 bits per heavy atom. The van der Waals surface area contributed by atoms with Crippen molar-refractivity contribution < 1.29 is 65.7 Å². The van der Waals surface area contributed by atoms with Gasteiger partial charge < -0.3 is 25.5 Å². The first-order valence-electron chi connectivity index (χ1n) is 3.97. The maximum absolute atomic E-state index is 10.7. The number of hydrogen-bond acceptors (Lipinski definition) is 8. The minimum atomic E-state index is -5.22. The summed E-state index contributed by atoms with van der Waals surface area (Å²) >= 11 is 0. The molecule has 0 spiro atoms. The topological polar surface area (TPSA) is 173 Å². The van der Waals surface area contributed by atoms with Crippen LogP contribution in [0.2, 0.25) is 0 Å². The Kier molecular flexibility index (Phi) is 8.62. The molecule has 107 valence electrons. The van der Waals surface area contributed by atoms with E-state index in [-0.39, 0.29) is 22.4 Å². The molecule has 0 aromatic rings. The molecule has 0 saturated carbocycles. The van der Waals surface area contributed by atoms with Gasteiger partial charge in [-0.05, 0) is 0 Å². The van der Waals surface area contributed by atoms with E-state index in [0.29, 0.717) is 0 Å². The number of hydrogen-bond donors (Lipinski definition) is 6. The molecule has 9 nitrogen and oxygen atoms in total. The van der Waals surface area contributed by atoms with Gasteiger partial charge >= 0.3 is 15.2 Å². The van der Waals surface area contributed by atoms with Gasteiger partial charge in [-0.2, -0.15) is 8.42 Å². The van der Waals surface area contributed by atoms with Crippen molar-refractivity contribution in [3.63, 3.8) is 0 Å². The fraction of sp³-hybridized carbons (Fsp3) is 0.833. The SMILES string of the molecule is O=C([C@H](O)[C@@H](O)[C@@H](O)[C@H](O)CO)S(=O)(=O)O.[Au]. The third kappa shape index (κ3) is 5.52. The summed E-state index contributed by atoms with van der Waals surface area (Å²) in [6.45, 7) is -0.981. The van der Waals surface area contributed by atoms with Crippen LogP contribution in [0, 0.1) is 0 Å². The van der Waals surface area contributed by atoms with Crippen molar-refractivity contribution in [2.75, 3.05) is 6.61 Å². The molecule has 11 heteroatoms. The van der Waals surface area contributed by atoms with Crippen LogP contribution in [0.1, 0.15) is 0 Å². The third-order valence-electron chi connectivity index (χ3n) is 1.75. The molecule has 0 rings (SSSR count). The van der Waals surface area contributed by atoms with Gasteiger partial charge in [-0.25, -0.2) is 0 Å². The fourth-order valence-corrected chi connectivity index (χ4v) is 1.26.